The fourth-order valence-corrected chi connectivity index (χ4v) is 3.22. The van der Waals surface area contributed by atoms with Crippen LogP contribution in [0.2, 0.25) is 0 Å². The Labute approximate surface area is 163 Å². The molecule has 0 bridgehead atoms. The van der Waals surface area contributed by atoms with Crippen LogP contribution in [0.15, 0.2) is 48.5 Å². The topological polar surface area (TPSA) is 83.1 Å². The zero-order valence-corrected chi connectivity index (χ0v) is 15.8. The summed E-state index contributed by atoms with van der Waals surface area (Å²) in [5, 5.41) is 10.00. The maximum absolute atomic E-state index is 12.6. The fraction of sp³-hybridized carbons (Fsp3) is 0.286. The van der Waals surface area contributed by atoms with Gasteiger partial charge in [-0.1, -0.05) is 30.3 Å². The smallest absolute Gasteiger partial charge is 0.276 e. The van der Waals surface area contributed by atoms with Crippen LogP contribution < -0.4 is 10.2 Å². The highest BCUT2D eigenvalue weighted by molar-refractivity contribution is 6.03. The summed E-state index contributed by atoms with van der Waals surface area (Å²) in [7, 11) is 0. The van der Waals surface area contributed by atoms with E-state index in [0.29, 0.717) is 31.0 Å². The van der Waals surface area contributed by atoms with E-state index in [2.05, 4.69) is 25.4 Å². The lowest BCUT2D eigenvalue weighted by molar-refractivity contribution is 0.102. The van der Waals surface area contributed by atoms with Crippen LogP contribution in [-0.2, 0) is 11.2 Å². The predicted molar refractivity (Wildman–Crippen MR) is 108 cm³/mol. The number of nitrogens with one attached hydrogen (secondary N) is 2. The van der Waals surface area contributed by atoms with Crippen LogP contribution in [0, 0.1) is 6.92 Å². The third kappa shape index (κ3) is 4.20. The summed E-state index contributed by atoms with van der Waals surface area (Å²) in [5.41, 5.74) is 3.89. The molecule has 0 aliphatic carbocycles. The van der Waals surface area contributed by atoms with Crippen molar-refractivity contribution in [3.05, 3.63) is 71.2 Å². The largest absolute Gasteiger partial charge is 0.378 e. The first kappa shape index (κ1) is 18.2. The van der Waals surface area contributed by atoms with Crippen LogP contribution in [0.5, 0.6) is 0 Å². The Balaban J connectivity index is 1.42. The first-order valence-corrected chi connectivity index (χ1v) is 9.39. The summed E-state index contributed by atoms with van der Waals surface area (Å²) < 4.78 is 5.38. The molecule has 3 heterocycles. The molecule has 28 heavy (non-hydrogen) atoms. The number of rotatable bonds is 5. The maximum atomic E-state index is 12.6. The molecule has 2 aromatic heterocycles. The number of aryl methyl sites for hydroxylation is 1. The molecule has 144 valence electrons. The second-order valence-corrected chi connectivity index (χ2v) is 6.80. The Morgan fingerprint density at radius 3 is 2.71 bits per heavy atom. The number of nitrogens with zero attached hydrogens (tertiary/aromatic N) is 3. The normalized spacial score (nSPS) is 14.1. The Bertz CT molecular complexity index is 948. The number of anilines is 2. The Morgan fingerprint density at radius 2 is 1.96 bits per heavy atom. The van der Waals surface area contributed by atoms with E-state index in [4.69, 9.17) is 4.74 Å². The molecule has 0 radical (unpaired) electrons. The molecule has 1 aliphatic rings. The van der Waals surface area contributed by atoms with E-state index in [1.165, 1.54) is 0 Å². The number of benzene rings is 1. The number of aromatic amines is 1. The van der Waals surface area contributed by atoms with Crippen LogP contribution >= 0.6 is 0 Å². The third-order valence-corrected chi connectivity index (χ3v) is 4.76. The number of hydrogen-bond donors (Lipinski definition) is 2. The Morgan fingerprint density at radius 1 is 1.18 bits per heavy atom. The highest BCUT2D eigenvalue weighted by Gasteiger charge is 2.16. The minimum Gasteiger partial charge on any atom is -0.378 e. The van der Waals surface area contributed by atoms with Gasteiger partial charge in [0, 0.05) is 25.2 Å². The molecular weight excluding hydrogens is 354 g/mol. The molecule has 1 aliphatic heterocycles. The van der Waals surface area contributed by atoms with E-state index < -0.39 is 0 Å². The Kier molecular flexibility index (Phi) is 5.34. The molecular formula is C21H23N5O2. The first-order chi connectivity index (χ1) is 13.7. The molecule has 0 unspecified atom stereocenters. The molecule has 1 amide bonds. The second kappa shape index (κ2) is 8.22. The highest BCUT2D eigenvalue weighted by Crippen LogP contribution is 2.20. The van der Waals surface area contributed by atoms with Gasteiger partial charge in [0.15, 0.2) is 5.69 Å². The van der Waals surface area contributed by atoms with Gasteiger partial charge in [0.1, 0.15) is 5.82 Å². The van der Waals surface area contributed by atoms with Crippen molar-refractivity contribution in [3.63, 3.8) is 0 Å². The molecule has 0 spiro atoms. The van der Waals surface area contributed by atoms with Crippen LogP contribution in [0.4, 0.5) is 11.5 Å². The van der Waals surface area contributed by atoms with Crippen molar-refractivity contribution in [2.75, 3.05) is 36.5 Å². The van der Waals surface area contributed by atoms with Crippen molar-refractivity contribution < 1.29 is 9.53 Å². The van der Waals surface area contributed by atoms with E-state index in [1.807, 2.05) is 49.4 Å². The molecule has 4 rings (SSSR count). The van der Waals surface area contributed by atoms with Crippen molar-refractivity contribution in [2.24, 2.45) is 0 Å². The number of aromatic nitrogens is 3. The van der Waals surface area contributed by atoms with E-state index in [0.717, 1.165) is 35.9 Å². The van der Waals surface area contributed by atoms with Gasteiger partial charge in [0.05, 0.1) is 24.6 Å². The number of ether oxygens (including phenoxy) is 1. The van der Waals surface area contributed by atoms with E-state index in [9.17, 15) is 4.79 Å². The van der Waals surface area contributed by atoms with Gasteiger partial charge in [-0.05, 0) is 30.7 Å². The number of amides is 1. The van der Waals surface area contributed by atoms with E-state index >= 15 is 0 Å². The number of H-pyrrole nitrogens is 1. The molecule has 1 saturated heterocycles. The zero-order chi connectivity index (χ0) is 19.3. The predicted octanol–water partition coefficient (Wildman–Crippen LogP) is 2.79. The minimum atomic E-state index is -0.250. The van der Waals surface area contributed by atoms with E-state index in [-0.39, 0.29) is 5.91 Å². The molecule has 1 fully saturated rings. The quantitative estimate of drug-likeness (QED) is 0.714. The van der Waals surface area contributed by atoms with Gasteiger partial charge in [0.25, 0.3) is 5.91 Å². The standard InChI is InChI=1S/C21H23N5O2/c1-15-18(7-8-20(22-15)26-9-11-28-12-10-26)23-21(27)19-14-17(24-25-19)13-16-5-3-2-4-6-16/h2-8,14H,9-13H2,1H3,(H,23,27)(H,24,25). The van der Waals surface area contributed by atoms with Gasteiger partial charge < -0.3 is 15.0 Å². The van der Waals surface area contributed by atoms with Crippen molar-refractivity contribution in [1.82, 2.24) is 15.2 Å². The van der Waals surface area contributed by atoms with Crippen molar-refractivity contribution in [1.29, 1.82) is 0 Å². The molecule has 7 nitrogen and oxygen atoms in total. The average Bonchev–Trinajstić information content (AvgIpc) is 3.19. The summed E-state index contributed by atoms with van der Waals surface area (Å²) in [6.45, 7) is 4.98. The average molecular weight is 377 g/mol. The second-order valence-electron chi connectivity index (χ2n) is 6.80. The molecule has 2 N–H and O–H groups in total. The summed E-state index contributed by atoms with van der Waals surface area (Å²) >= 11 is 0. The van der Waals surface area contributed by atoms with Gasteiger partial charge in [0.2, 0.25) is 0 Å². The number of morpholine rings is 1. The van der Waals surface area contributed by atoms with Crippen molar-refractivity contribution in [3.8, 4) is 0 Å². The lowest BCUT2D eigenvalue weighted by atomic mass is 10.1. The van der Waals surface area contributed by atoms with Crippen molar-refractivity contribution in [2.45, 2.75) is 13.3 Å². The summed E-state index contributed by atoms with van der Waals surface area (Å²) in [6, 6.07) is 15.7. The first-order valence-electron chi connectivity index (χ1n) is 9.39. The van der Waals surface area contributed by atoms with Crippen LogP contribution in [0.25, 0.3) is 0 Å². The summed E-state index contributed by atoms with van der Waals surface area (Å²) in [4.78, 5) is 19.4. The number of carbonyl (C=O) groups excluding carboxylic acids is 1. The number of carbonyl (C=O) groups is 1. The van der Waals surface area contributed by atoms with Gasteiger partial charge in [-0.25, -0.2) is 4.98 Å². The van der Waals surface area contributed by atoms with Crippen molar-refractivity contribution >= 4 is 17.4 Å². The van der Waals surface area contributed by atoms with Gasteiger partial charge in [-0.3, -0.25) is 9.89 Å². The fourth-order valence-electron chi connectivity index (χ4n) is 3.22. The monoisotopic (exact) mass is 377 g/mol. The molecule has 1 aromatic carbocycles. The molecule has 0 saturated carbocycles. The number of pyridine rings is 1. The van der Waals surface area contributed by atoms with E-state index in [1.54, 1.807) is 6.07 Å². The van der Waals surface area contributed by atoms with Gasteiger partial charge in [-0.2, -0.15) is 5.10 Å². The van der Waals surface area contributed by atoms with Gasteiger partial charge in [-0.15, -0.1) is 0 Å². The molecule has 0 atom stereocenters. The Hall–Kier alpha value is -3.19. The molecule has 3 aromatic rings. The lowest BCUT2D eigenvalue weighted by Crippen LogP contribution is -2.36. The van der Waals surface area contributed by atoms with Gasteiger partial charge >= 0.3 is 0 Å². The third-order valence-electron chi connectivity index (χ3n) is 4.76. The molecule has 7 heteroatoms. The van der Waals surface area contributed by atoms with Crippen LogP contribution in [0.3, 0.4) is 0 Å². The lowest BCUT2D eigenvalue weighted by Gasteiger charge is -2.28. The highest BCUT2D eigenvalue weighted by atomic mass is 16.5. The zero-order valence-electron chi connectivity index (χ0n) is 15.8. The summed E-state index contributed by atoms with van der Waals surface area (Å²) in [6.07, 6.45) is 0.704. The summed E-state index contributed by atoms with van der Waals surface area (Å²) in [5.74, 6) is 0.656. The SMILES string of the molecule is Cc1nc(N2CCOCC2)ccc1NC(=O)c1cc(Cc2ccccc2)[nH]n1. The maximum Gasteiger partial charge on any atom is 0.276 e. The minimum absolute atomic E-state index is 0.250. The van der Waals surface area contributed by atoms with Crippen LogP contribution in [-0.4, -0.2) is 47.4 Å². The number of hydrogen-bond acceptors (Lipinski definition) is 5. The van der Waals surface area contributed by atoms with Crippen LogP contribution in [0.1, 0.15) is 27.4 Å².